The number of likely N-dealkylation sites (N-methyl/N-ethyl adjacent to an activating group) is 1. The Balaban J connectivity index is 1.86. The van der Waals surface area contributed by atoms with Crippen LogP contribution >= 0.6 is 0 Å². The van der Waals surface area contributed by atoms with Crippen LogP contribution in [-0.4, -0.2) is 44.2 Å². The summed E-state index contributed by atoms with van der Waals surface area (Å²) in [5, 5.41) is 5.96. The van der Waals surface area contributed by atoms with Crippen LogP contribution in [0.4, 0.5) is 4.79 Å². The Morgan fingerprint density at radius 2 is 1.67 bits per heavy atom. The molecule has 2 rings (SSSR count). The summed E-state index contributed by atoms with van der Waals surface area (Å²) < 4.78 is 5.35. The number of ether oxygens (including phenoxy) is 1. The molecule has 2 aromatic rings. The zero-order valence-corrected chi connectivity index (χ0v) is 16.6. The van der Waals surface area contributed by atoms with E-state index in [-0.39, 0.29) is 12.1 Å². The number of benzene rings is 2. The normalized spacial score (nSPS) is 11.9. The molecule has 2 aromatic carbocycles. The van der Waals surface area contributed by atoms with Crippen LogP contribution in [0.25, 0.3) is 0 Å². The van der Waals surface area contributed by atoms with Crippen LogP contribution in [0.15, 0.2) is 54.6 Å². The Kier molecular flexibility index (Phi) is 8.65. The molecule has 0 aliphatic heterocycles. The molecule has 5 heteroatoms. The molecule has 146 valence electrons. The van der Waals surface area contributed by atoms with Gasteiger partial charge >= 0.3 is 6.03 Å². The fraction of sp³-hybridized carbons (Fsp3) is 0.409. The van der Waals surface area contributed by atoms with Gasteiger partial charge in [-0.05, 0) is 36.7 Å². The first-order valence-electron chi connectivity index (χ1n) is 9.62. The minimum Gasteiger partial charge on any atom is -0.496 e. The molecule has 0 spiro atoms. The molecule has 1 unspecified atom stereocenters. The summed E-state index contributed by atoms with van der Waals surface area (Å²) in [7, 11) is 1.66. The molecule has 0 bridgehead atoms. The number of nitrogens with one attached hydrogen (secondary N) is 2. The number of rotatable bonds is 10. The Bertz CT molecular complexity index is 687. The van der Waals surface area contributed by atoms with Gasteiger partial charge in [-0.2, -0.15) is 0 Å². The number of amides is 2. The van der Waals surface area contributed by atoms with E-state index in [1.807, 2.05) is 42.5 Å². The first-order chi connectivity index (χ1) is 13.2. The van der Waals surface area contributed by atoms with Crippen molar-refractivity contribution < 1.29 is 9.53 Å². The molecule has 1 atom stereocenters. The molecule has 2 amide bonds. The summed E-state index contributed by atoms with van der Waals surface area (Å²) in [5.74, 6) is 0.852. The van der Waals surface area contributed by atoms with Crippen molar-refractivity contribution in [2.45, 2.75) is 26.3 Å². The van der Waals surface area contributed by atoms with E-state index >= 15 is 0 Å². The Hall–Kier alpha value is -2.53. The maximum atomic E-state index is 12.3. The minimum absolute atomic E-state index is 0.141. The second-order valence-corrected chi connectivity index (χ2v) is 6.35. The van der Waals surface area contributed by atoms with Crippen molar-refractivity contribution in [2.75, 3.05) is 33.3 Å². The molecule has 0 aliphatic carbocycles. The first-order valence-corrected chi connectivity index (χ1v) is 9.62. The number of para-hydroxylation sites is 1. The van der Waals surface area contributed by atoms with Gasteiger partial charge in [-0.3, -0.25) is 4.90 Å². The molecular formula is C22H31N3O2. The van der Waals surface area contributed by atoms with Crippen molar-refractivity contribution in [1.29, 1.82) is 0 Å². The third kappa shape index (κ3) is 6.29. The molecule has 0 aromatic heterocycles. The summed E-state index contributed by atoms with van der Waals surface area (Å²) in [4.78, 5) is 14.6. The van der Waals surface area contributed by atoms with E-state index in [1.54, 1.807) is 7.11 Å². The molecule has 0 radical (unpaired) electrons. The highest BCUT2D eigenvalue weighted by atomic mass is 16.5. The van der Waals surface area contributed by atoms with E-state index in [2.05, 4.69) is 41.5 Å². The van der Waals surface area contributed by atoms with Gasteiger partial charge in [0.05, 0.1) is 13.2 Å². The highest BCUT2D eigenvalue weighted by Crippen LogP contribution is 2.19. The molecule has 0 heterocycles. The fourth-order valence-corrected chi connectivity index (χ4v) is 3.27. The number of carbonyl (C=O) groups excluding carboxylic acids is 1. The van der Waals surface area contributed by atoms with Crippen LogP contribution in [0.3, 0.4) is 0 Å². The Morgan fingerprint density at radius 1 is 1.00 bits per heavy atom. The third-order valence-electron chi connectivity index (χ3n) is 4.77. The lowest BCUT2D eigenvalue weighted by Crippen LogP contribution is -2.42. The van der Waals surface area contributed by atoms with E-state index < -0.39 is 0 Å². The van der Waals surface area contributed by atoms with Crippen molar-refractivity contribution in [3.8, 4) is 5.75 Å². The van der Waals surface area contributed by atoms with E-state index in [4.69, 9.17) is 4.74 Å². The predicted molar refractivity (Wildman–Crippen MR) is 110 cm³/mol. The maximum absolute atomic E-state index is 12.3. The van der Waals surface area contributed by atoms with Crippen molar-refractivity contribution in [3.63, 3.8) is 0 Å². The van der Waals surface area contributed by atoms with Crippen LogP contribution in [0, 0.1) is 0 Å². The van der Waals surface area contributed by atoms with Gasteiger partial charge in [0.1, 0.15) is 5.75 Å². The molecular weight excluding hydrogens is 338 g/mol. The van der Waals surface area contributed by atoms with Crippen LogP contribution < -0.4 is 15.4 Å². The van der Waals surface area contributed by atoms with Crippen LogP contribution in [0.5, 0.6) is 5.75 Å². The summed E-state index contributed by atoms with van der Waals surface area (Å²) in [6, 6.07) is 18.2. The molecule has 5 nitrogen and oxygen atoms in total. The third-order valence-corrected chi connectivity index (χ3v) is 4.77. The highest BCUT2D eigenvalue weighted by Gasteiger charge is 2.18. The molecule has 0 saturated heterocycles. The SMILES string of the molecule is CCN(CC)C(CNC(=O)NCCc1ccccc1OC)c1ccccc1. The number of carbonyl (C=O) groups is 1. The smallest absolute Gasteiger partial charge is 0.314 e. The lowest BCUT2D eigenvalue weighted by molar-refractivity contribution is 0.206. The first kappa shape index (κ1) is 20.8. The maximum Gasteiger partial charge on any atom is 0.314 e. The fourth-order valence-electron chi connectivity index (χ4n) is 3.27. The van der Waals surface area contributed by atoms with E-state index in [9.17, 15) is 4.79 Å². The second kappa shape index (κ2) is 11.2. The van der Waals surface area contributed by atoms with E-state index in [0.717, 1.165) is 30.8 Å². The quantitative estimate of drug-likeness (QED) is 0.673. The average molecular weight is 370 g/mol. The molecule has 27 heavy (non-hydrogen) atoms. The topological polar surface area (TPSA) is 53.6 Å². The van der Waals surface area contributed by atoms with Crippen molar-refractivity contribution >= 4 is 6.03 Å². The van der Waals surface area contributed by atoms with Gasteiger partial charge in [0.15, 0.2) is 0 Å². The summed E-state index contributed by atoms with van der Waals surface area (Å²) >= 11 is 0. The number of urea groups is 1. The summed E-state index contributed by atoms with van der Waals surface area (Å²) in [6.45, 7) is 7.31. The number of hydrogen-bond donors (Lipinski definition) is 2. The van der Waals surface area contributed by atoms with Gasteiger partial charge in [-0.1, -0.05) is 62.4 Å². The van der Waals surface area contributed by atoms with Crippen molar-refractivity contribution in [1.82, 2.24) is 15.5 Å². The minimum atomic E-state index is -0.141. The number of nitrogens with zero attached hydrogens (tertiary/aromatic N) is 1. The monoisotopic (exact) mass is 369 g/mol. The number of methoxy groups -OCH3 is 1. The van der Waals surface area contributed by atoms with E-state index in [1.165, 1.54) is 5.56 Å². The zero-order chi connectivity index (χ0) is 19.5. The second-order valence-electron chi connectivity index (χ2n) is 6.35. The molecule has 2 N–H and O–H groups in total. The summed E-state index contributed by atoms with van der Waals surface area (Å²) in [5.41, 5.74) is 2.31. The largest absolute Gasteiger partial charge is 0.496 e. The molecule has 0 fully saturated rings. The Morgan fingerprint density at radius 3 is 2.33 bits per heavy atom. The lowest BCUT2D eigenvalue weighted by atomic mass is 10.1. The van der Waals surface area contributed by atoms with Crippen molar-refractivity contribution in [2.24, 2.45) is 0 Å². The lowest BCUT2D eigenvalue weighted by Gasteiger charge is -2.30. The van der Waals surface area contributed by atoms with Gasteiger partial charge in [-0.15, -0.1) is 0 Å². The van der Waals surface area contributed by atoms with Gasteiger partial charge in [0, 0.05) is 13.1 Å². The Labute approximate surface area is 162 Å². The average Bonchev–Trinajstić information content (AvgIpc) is 2.72. The van der Waals surface area contributed by atoms with Gasteiger partial charge in [-0.25, -0.2) is 4.79 Å². The highest BCUT2D eigenvalue weighted by molar-refractivity contribution is 5.73. The van der Waals surface area contributed by atoms with Gasteiger partial charge in [0.2, 0.25) is 0 Å². The predicted octanol–water partition coefficient (Wildman–Crippen LogP) is 3.62. The van der Waals surface area contributed by atoms with Crippen LogP contribution in [0.2, 0.25) is 0 Å². The molecule has 0 saturated carbocycles. The van der Waals surface area contributed by atoms with Crippen LogP contribution in [-0.2, 0) is 6.42 Å². The van der Waals surface area contributed by atoms with Gasteiger partial charge in [0.25, 0.3) is 0 Å². The van der Waals surface area contributed by atoms with Crippen LogP contribution in [0.1, 0.15) is 31.0 Å². The number of hydrogen-bond acceptors (Lipinski definition) is 3. The van der Waals surface area contributed by atoms with E-state index in [0.29, 0.717) is 13.1 Å². The van der Waals surface area contributed by atoms with Crippen molar-refractivity contribution in [3.05, 3.63) is 65.7 Å². The summed E-state index contributed by atoms with van der Waals surface area (Å²) in [6.07, 6.45) is 0.732. The standard InChI is InChI=1S/C22H31N3O2/c1-4-25(5-2)20(18-11-7-6-8-12-18)17-24-22(26)23-16-15-19-13-9-10-14-21(19)27-3/h6-14,20H,4-5,15-17H2,1-3H3,(H2,23,24,26). The van der Waals surface area contributed by atoms with Gasteiger partial charge < -0.3 is 15.4 Å². The zero-order valence-electron chi connectivity index (χ0n) is 16.6. The molecule has 0 aliphatic rings.